The summed E-state index contributed by atoms with van der Waals surface area (Å²) in [5.74, 6) is 3.08. The maximum absolute atomic E-state index is 6.83. The smallest absolute Gasteiger partial charge is 0.143 e. The highest BCUT2D eigenvalue weighted by atomic mass is 16.6. The number of benzene rings is 6. The van der Waals surface area contributed by atoms with Gasteiger partial charge in [-0.3, -0.25) is 0 Å². The third-order valence-corrected chi connectivity index (χ3v) is 10.9. The second-order valence-electron chi connectivity index (χ2n) is 14.8. The van der Waals surface area contributed by atoms with E-state index in [-0.39, 0.29) is 0 Å². The highest BCUT2D eigenvalue weighted by molar-refractivity contribution is 5.51. The van der Waals surface area contributed by atoms with E-state index in [1.807, 2.05) is 133 Å². The third kappa shape index (κ3) is 13.2. The molecule has 0 atom stereocenters. The van der Waals surface area contributed by atoms with Crippen molar-refractivity contribution in [2.24, 2.45) is 0 Å². The monoisotopic (exact) mass is 886 g/mol. The van der Waals surface area contributed by atoms with Crippen molar-refractivity contribution >= 4 is 0 Å². The predicted octanol–water partition coefficient (Wildman–Crippen LogP) is 9.12. The Hall–Kier alpha value is -5.76. The summed E-state index contributed by atoms with van der Waals surface area (Å²) in [7, 11) is 6.64. The Morgan fingerprint density at radius 1 is 0.246 bits per heavy atom. The molecule has 0 aliphatic heterocycles. The molecule has 0 spiro atoms. The van der Waals surface area contributed by atoms with E-state index in [9.17, 15) is 0 Å². The Kier molecular flexibility index (Phi) is 19.7. The molecule has 0 heterocycles. The van der Waals surface area contributed by atoms with E-state index in [2.05, 4.69) is 24.3 Å². The van der Waals surface area contributed by atoms with Crippen molar-refractivity contribution in [1.29, 1.82) is 0 Å². The summed E-state index contributed by atoms with van der Waals surface area (Å²) in [6, 6.07) is 52.3. The van der Waals surface area contributed by atoms with Gasteiger partial charge < -0.3 is 52.1 Å². The molecular weight excluding hydrogens is 825 g/mol. The first kappa shape index (κ1) is 48.7. The van der Waals surface area contributed by atoms with Crippen LogP contribution >= 0.6 is 0 Å². The van der Waals surface area contributed by atoms with Crippen molar-refractivity contribution in [2.45, 2.75) is 11.2 Å². The van der Waals surface area contributed by atoms with Crippen molar-refractivity contribution in [2.75, 3.05) is 108 Å². The van der Waals surface area contributed by atoms with Crippen LogP contribution in [-0.4, -0.2) is 108 Å². The van der Waals surface area contributed by atoms with Gasteiger partial charge in [0.15, 0.2) is 0 Å². The molecule has 0 aliphatic carbocycles. The number of hydrogen-bond acceptors (Lipinski definition) is 11. The topological polar surface area (TPSA) is 102 Å². The van der Waals surface area contributed by atoms with Crippen LogP contribution in [0.5, 0.6) is 23.0 Å². The van der Waals surface area contributed by atoms with Gasteiger partial charge in [0.05, 0.1) is 108 Å². The lowest BCUT2D eigenvalue weighted by molar-refractivity contribution is -0.0431. The zero-order chi connectivity index (χ0) is 45.4. The normalized spacial score (nSPS) is 11.6. The number of hydrogen-bond donors (Lipinski definition) is 0. The van der Waals surface area contributed by atoms with Crippen LogP contribution in [0, 0.1) is 0 Å². The maximum atomic E-state index is 6.83. The molecule has 0 bridgehead atoms. The summed E-state index contributed by atoms with van der Waals surface area (Å²) in [6.07, 6.45) is 0. The molecule has 0 aromatic heterocycles. The number of rotatable bonds is 30. The molecule has 0 fully saturated rings. The summed E-state index contributed by atoms with van der Waals surface area (Å²) in [5.41, 5.74) is 4.09. The van der Waals surface area contributed by atoms with E-state index >= 15 is 0 Å². The van der Waals surface area contributed by atoms with Gasteiger partial charge in [-0.1, -0.05) is 109 Å². The summed E-state index contributed by atoms with van der Waals surface area (Å²) < 4.78 is 64.5. The predicted molar refractivity (Wildman–Crippen MR) is 251 cm³/mol. The maximum Gasteiger partial charge on any atom is 0.143 e. The molecule has 344 valence electrons. The lowest BCUT2D eigenvalue weighted by Crippen LogP contribution is -2.34. The minimum Gasteiger partial charge on any atom is -0.497 e. The highest BCUT2D eigenvalue weighted by Crippen LogP contribution is 2.43. The van der Waals surface area contributed by atoms with Gasteiger partial charge in [-0.15, -0.1) is 0 Å². The zero-order valence-electron chi connectivity index (χ0n) is 38.0. The Morgan fingerprint density at radius 2 is 0.446 bits per heavy atom. The van der Waals surface area contributed by atoms with E-state index in [1.54, 1.807) is 28.4 Å². The quantitative estimate of drug-likeness (QED) is 0.0320. The van der Waals surface area contributed by atoms with Crippen LogP contribution in [0.15, 0.2) is 158 Å². The molecule has 6 aromatic rings. The average molecular weight is 887 g/mol. The first-order chi connectivity index (χ1) is 32.1. The van der Waals surface area contributed by atoms with Crippen molar-refractivity contribution in [1.82, 2.24) is 0 Å². The van der Waals surface area contributed by atoms with Gasteiger partial charge in [0.1, 0.15) is 34.2 Å². The van der Waals surface area contributed by atoms with Crippen LogP contribution < -0.4 is 18.9 Å². The Bertz CT molecular complexity index is 1930. The van der Waals surface area contributed by atoms with E-state index in [0.29, 0.717) is 79.3 Å². The van der Waals surface area contributed by atoms with Crippen molar-refractivity contribution in [3.05, 3.63) is 191 Å². The molecule has 11 nitrogen and oxygen atoms in total. The third-order valence-electron chi connectivity index (χ3n) is 10.9. The standard InChI is InChI=1S/C54H62O11/c1-55-49-23-15-45(16-24-49)53(43-11-7-5-8-12-43,46-17-25-50(56-2)26-18-46)64-41-39-62-37-35-60-33-31-59-32-34-61-36-38-63-40-42-65-54(44-13-9-6-10-14-44,47-19-27-51(57-3)28-20-47)48-21-29-52(58-4)30-22-48/h5-30H,31-42H2,1-4H3. The van der Waals surface area contributed by atoms with Gasteiger partial charge in [0.25, 0.3) is 0 Å². The van der Waals surface area contributed by atoms with Crippen LogP contribution in [0.2, 0.25) is 0 Å². The van der Waals surface area contributed by atoms with Gasteiger partial charge in [-0.25, -0.2) is 0 Å². The molecular formula is C54H62O11. The molecule has 0 N–H and O–H groups in total. The van der Waals surface area contributed by atoms with E-state index in [1.165, 1.54) is 0 Å². The Morgan fingerprint density at radius 3 is 0.662 bits per heavy atom. The SMILES string of the molecule is COc1ccc(C(OCCOCCOCCOCCOCCOCCOC(c2ccccc2)(c2ccc(OC)cc2)c2ccc(OC)cc2)(c2ccccc2)c2ccc(OC)cc2)cc1. The minimum absolute atomic E-state index is 0.346. The van der Waals surface area contributed by atoms with Crippen molar-refractivity contribution in [3.63, 3.8) is 0 Å². The first-order valence-corrected chi connectivity index (χ1v) is 21.9. The van der Waals surface area contributed by atoms with Crippen LogP contribution in [0.4, 0.5) is 0 Å². The molecule has 0 unspecified atom stereocenters. The lowest BCUT2D eigenvalue weighted by Gasteiger charge is -2.36. The highest BCUT2D eigenvalue weighted by Gasteiger charge is 2.39. The molecule has 11 heteroatoms. The van der Waals surface area contributed by atoms with E-state index in [4.69, 9.17) is 52.1 Å². The summed E-state index contributed by atoms with van der Waals surface area (Å²) >= 11 is 0. The second kappa shape index (κ2) is 26.3. The molecule has 0 saturated heterocycles. The molecule has 65 heavy (non-hydrogen) atoms. The number of methoxy groups -OCH3 is 4. The Labute approximate surface area is 384 Å². The van der Waals surface area contributed by atoms with Crippen molar-refractivity contribution in [3.8, 4) is 23.0 Å². The molecule has 6 aromatic carbocycles. The average Bonchev–Trinajstić information content (AvgIpc) is 3.38. The van der Waals surface area contributed by atoms with Gasteiger partial charge in [-0.05, 0) is 81.9 Å². The fourth-order valence-electron chi connectivity index (χ4n) is 7.64. The molecule has 0 aliphatic rings. The van der Waals surface area contributed by atoms with Crippen LogP contribution in [0.3, 0.4) is 0 Å². The van der Waals surface area contributed by atoms with Gasteiger partial charge in [0, 0.05) is 0 Å². The molecule has 0 amide bonds. The fourth-order valence-corrected chi connectivity index (χ4v) is 7.64. The lowest BCUT2D eigenvalue weighted by atomic mass is 9.80. The van der Waals surface area contributed by atoms with E-state index in [0.717, 1.165) is 56.4 Å². The molecule has 6 rings (SSSR count). The van der Waals surface area contributed by atoms with Gasteiger partial charge in [0.2, 0.25) is 0 Å². The van der Waals surface area contributed by atoms with Crippen LogP contribution in [-0.2, 0) is 44.4 Å². The summed E-state index contributed by atoms with van der Waals surface area (Å²) in [6.45, 7) is 5.01. The zero-order valence-corrected chi connectivity index (χ0v) is 38.0. The Balaban J connectivity index is 0.865. The van der Waals surface area contributed by atoms with Crippen molar-refractivity contribution < 1.29 is 52.1 Å². The summed E-state index contributed by atoms with van der Waals surface area (Å²) in [4.78, 5) is 0. The van der Waals surface area contributed by atoms with Crippen LogP contribution in [0.1, 0.15) is 33.4 Å². The molecule has 0 radical (unpaired) electrons. The van der Waals surface area contributed by atoms with Gasteiger partial charge in [-0.2, -0.15) is 0 Å². The second-order valence-corrected chi connectivity index (χ2v) is 14.8. The molecule has 0 saturated carbocycles. The fraction of sp³-hybridized carbons (Fsp3) is 0.333. The largest absolute Gasteiger partial charge is 0.497 e. The number of ether oxygens (including phenoxy) is 11. The minimum atomic E-state index is -0.892. The summed E-state index contributed by atoms with van der Waals surface area (Å²) in [5, 5.41) is 0. The van der Waals surface area contributed by atoms with Crippen LogP contribution in [0.25, 0.3) is 0 Å². The van der Waals surface area contributed by atoms with E-state index < -0.39 is 11.2 Å². The first-order valence-electron chi connectivity index (χ1n) is 21.9. The van der Waals surface area contributed by atoms with Gasteiger partial charge >= 0.3 is 0 Å².